The molecular formula is C23H27N3O4S. The van der Waals surface area contributed by atoms with Crippen molar-refractivity contribution in [2.75, 3.05) is 21.3 Å². The number of hydrogen-bond acceptors (Lipinski definition) is 7. The van der Waals surface area contributed by atoms with Crippen LogP contribution in [0.1, 0.15) is 30.9 Å². The van der Waals surface area contributed by atoms with Gasteiger partial charge in [0.1, 0.15) is 17.2 Å². The average Bonchev–Trinajstić information content (AvgIpc) is 3.09. The summed E-state index contributed by atoms with van der Waals surface area (Å²) in [5.41, 5.74) is 1.77. The van der Waals surface area contributed by atoms with Crippen molar-refractivity contribution in [3.05, 3.63) is 53.6 Å². The Kier molecular flexibility index (Phi) is 7.94. The molecule has 8 heteroatoms. The Morgan fingerprint density at radius 2 is 1.74 bits per heavy atom. The molecule has 164 valence electrons. The van der Waals surface area contributed by atoms with E-state index in [1.807, 2.05) is 36.4 Å². The summed E-state index contributed by atoms with van der Waals surface area (Å²) < 4.78 is 15.8. The van der Waals surface area contributed by atoms with Gasteiger partial charge in [-0.3, -0.25) is 9.69 Å². The van der Waals surface area contributed by atoms with Gasteiger partial charge in [0.05, 0.1) is 39.3 Å². The summed E-state index contributed by atoms with van der Waals surface area (Å²) in [5, 5.41) is 9.09. The summed E-state index contributed by atoms with van der Waals surface area (Å²) in [6.07, 6.45) is 3.35. The molecule has 1 fully saturated rings. The van der Waals surface area contributed by atoms with Gasteiger partial charge in [0.15, 0.2) is 5.17 Å². The lowest BCUT2D eigenvalue weighted by atomic mass is 10.2. The second-order valence-electron chi connectivity index (χ2n) is 6.90. The van der Waals surface area contributed by atoms with Crippen LogP contribution in [0.4, 0.5) is 0 Å². The molecule has 0 aromatic heterocycles. The van der Waals surface area contributed by atoms with Crippen molar-refractivity contribution in [3.63, 3.8) is 0 Å². The number of amides is 1. The molecule has 1 aliphatic heterocycles. The third-order valence-corrected chi connectivity index (χ3v) is 6.09. The first kappa shape index (κ1) is 22.7. The summed E-state index contributed by atoms with van der Waals surface area (Å²) in [5.74, 6) is 2.18. The Morgan fingerprint density at radius 1 is 1.03 bits per heavy atom. The topological polar surface area (TPSA) is 72.7 Å². The highest BCUT2D eigenvalue weighted by atomic mass is 32.2. The van der Waals surface area contributed by atoms with Gasteiger partial charge >= 0.3 is 0 Å². The molecule has 3 rings (SSSR count). The molecule has 1 saturated heterocycles. The van der Waals surface area contributed by atoms with E-state index in [0.717, 1.165) is 29.7 Å². The van der Waals surface area contributed by atoms with Gasteiger partial charge in [-0.05, 0) is 36.2 Å². The molecule has 0 radical (unpaired) electrons. The third-order valence-electron chi connectivity index (χ3n) is 4.85. The molecule has 0 bridgehead atoms. The quantitative estimate of drug-likeness (QED) is 0.427. The molecule has 0 aliphatic carbocycles. The van der Waals surface area contributed by atoms with Gasteiger partial charge in [0.2, 0.25) is 5.91 Å². The first-order valence-corrected chi connectivity index (χ1v) is 10.9. The van der Waals surface area contributed by atoms with Crippen LogP contribution in [0, 0.1) is 0 Å². The minimum absolute atomic E-state index is 0.0682. The van der Waals surface area contributed by atoms with Crippen LogP contribution in [0.15, 0.2) is 52.7 Å². The zero-order chi connectivity index (χ0) is 22.2. The Labute approximate surface area is 187 Å². The number of hydrogen-bond donors (Lipinski definition) is 0. The number of carbonyl (C=O) groups is 1. The second kappa shape index (κ2) is 10.9. The summed E-state index contributed by atoms with van der Waals surface area (Å²) in [4.78, 5) is 14.7. The highest BCUT2D eigenvalue weighted by Gasteiger charge is 2.37. The molecule has 2 aromatic carbocycles. The summed E-state index contributed by atoms with van der Waals surface area (Å²) in [6.45, 7) is 2.52. The molecule has 1 unspecified atom stereocenters. The van der Waals surface area contributed by atoms with Gasteiger partial charge < -0.3 is 14.2 Å². The summed E-state index contributed by atoms with van der Waals surface area (Å²) in [7, 11) is 4.83. The van der Waals surface area contributed by atoms with E-state index in [9.17, 15) is 4.79 Å². The predicted molar refractivity (Wildman–Crippen MR) is 124 cm³/mol. The van der Waals surface area contributed by atoms with Crippen molar-refractivity contribution in [1.29, 1.82) is 0 Å². The highest BCUT2D eigenvalue weighted by Crippen LogP contribution is 2.32. The summed E-state index contributed by atoms with van der Waals surface area (Å²) >= 11 is 1.47. The van der Waals surface area contributed by atoms with E-state index in [1.54, 1.807) is 38.5 Å². The number of rotatable bonds is 9. The van der Waals surface area contributed by atoms with Gasteiger partial charge in [0.25, 0.3) is 0 Å². The summed E-state index contributed by atoms with van der Waals surface area (Å²) in [6, 6.07) is 13.1. The number of methoxy groups -OCH3 is 3. The van der Waals surface area contributed by atoms with Crippen molar-refractivity contribution < 1.29 is 19.0 Å². The number of amidine groups is 1. The zero-order valence-electron chi connectivity index (χ0n) is 18.2. The largest absolute Gasteiger partial charge is 0.497 e. The number of ether oxygens (including phenoxy) is 3. The van der Waals surface area contributed by atoms with Gasteiger partial charge in [-0.15, -0.1) is 5.10 Å². The van der Waals surface area contributed by atoms with Crippen LogP contribution in [-0.4, -0.2) is 48.8 Å². The van der Waals surface area contributed by atoms with E-state index in [1.165, 1.54) is 11.8 Å². The molecule has 31 heavy (non-hydrogen) atoms. The monoisotopic (exact) mass is 441 g/mol. The fourth-order valence-electron chi connectivity index (χ4n) is 3.16. The van der Waals surface area contributed by atoms with E-state index in [2.05, 4.69) is 17.1 Å². The minimum atomic E-state index is -0.132. The van der Waals surface area contributed by atoms with Crippen LogP contribution in [0.3, 0.4) is 0 Å². The van der Waals surface area contributed by atoms with Crippen LogP contribution in [-0.2, 0) is 11.3 Å². The molecule has 1 amide bonds. The number of nitrogens with zero attached hydrogens (tertiary/aromatic N) is 3. The smallest absolute Gasteiger partial charge is 0.242 e. The predicted octanol–water partition coefficient (Wildman–Crippen LogP) is 4.35. The molecule has 0 saturated carbocycles. The zero-order valence-corrected chi connectivity index (χ0v) is 19.0. The van der Waals surface area contributed by atoms with Gasteiger partial charge in [-0.25, -0.2) is 0 Å². The SMILES string of the molecule is CCCC1S/C(=N\N=C\c2ccc(OC)cc2OC)N(Cc2ccc(OC)cc2)C1=O. The number of carbonyl (C=O) groups excluding carboxylic acids is 1. The number of thioether (sulfide) groups is 1. The van der Waals surface area contributed by atoms with Gasteiger partial charge in [0, 0.05) is 11.6 Å². The lowest BCUT2D eigenvalue weighted by Crippen LogP contribution is -2.31. The van der Waals surface area contributed by atoms with Crippen molar-refractivity contribution in [1.82, 2.24) is 4.90 Å². The Balaban J connectivity index is 1.82. The van der Waals surface area contributed by atoms with Crippen LogP contribution in [0.25, 0.3) is 0 Å². The maximum atomic E-state index is 13.0. The molecule has 0 N–H and O–H groups in total. The normalized spacial score (nSPS) is 17.5. The Hall–Kier alpha value is -3.00. The van der Waals surface area contributed by atoms with Gasteiger partial charge in [-0.2, -0.15) is 5.10 Å². The fraction of sp³-hybridized carbons (Fsp3) is 0.348. The molecular weight excluding hydrogens is 414 g/mol. The van der Waals surface area contributed by atoms with E-state index < -0.39 is 0 Å². The van der Waals surface area contributed by atoms with Crippen LogP contribution in [0.2, 0.25) is 0 Å². The standard InChI is InChI=1S/C23H27N3O4S/c1-5-6-21-22(27)26(15-16-7-10-18(28-2)11-8-16)23(31-21)25-24-14-17-9-12-19(29-3)13-20(17)30-4/h7-14,21H,5-6,15H2,1-4H3/b24-14+,25-23-. The minimum Gasteiger partial charge on any atom is -0.497 e. The first-order chi connectivity index (χ1) is 15.1. The number of benzene rings is 2. The van der Waals surface area contributed by atoms with Crippen molar-refractivity contribution in [2.45, 2.75) is 31.6 Å². The lowest BCUT2D eigenvalue weighted by Gasteiger charge is -2.16. The molecule has 0 spiro atoms. The van der Waals surface area contributed by atoms with Crippen molar-refractivity contribution in [3.8, 4) is 17.2 Å². The molecule has 1 atom stereocenters. The third kappa shape index (κ3) is 5.58. The Bertz CT molecular complexity index is 960. The average molecular weight is 442 g/mol. The van der Waals surface area contributed by atoms with E-state index >= 15 is 0 Å². The molecule has 7 nitrogen and oxygen atoms in total. The Morgan fingerprint density at radius 3 is 2.39 bits per heavy atom. The maximum Gasteiger partial charge on any atom is 0.242 e. The van der Waals surface area contributed by atoms with E-state index in [4.69, 9.17) is 14.2 Å². The van der Waals surface area contributed by atoms with Crippen molar-refractivity contribution >= 4 is 29.1 Å². The fourth-order valence-corrected chi connectivity index (χ4v) is 4.37. The van der Waals surface area contributed by atoms with Crippen LogP contribution < -0.4 is 14.2 Å². The van der Waals surface area contributed by atoms with Gasteiger partial charge in [-0.1, -0.05) is 37.2 Å². The maximum absolute atomic E-state index is 13.0. The molecule has 1 aliphatic rings. The molecule has 2 aromatic rings. The highest BCUT2D eigenvalue weighted by molar-refractivity contribution is 8.15. The second-order valence-corrected chi connectivity index (χ2v) is 8.07. The lowest BCUT2D eigenvalue weighted by molar-refractivity contribution is -0.126. The molecule has 1 heterocycles. The van der Waals surface area contributed by atoms with E-state index in [0.29, 0.717) is 23.2 Å². The van der Waals surface area contributed by atoms with Crippen molar-refractivity contribution in [2.24, 2.45) is 10.2 Å². The van der Waals surface area contributed by atoms with Crippen LogP contribution in [0.5, 0.6) is 17.2 Å². The first-order valence-electron chi connectivity index (χ1n) is 10.0. The van der Waals surface area contributed by atoms with E-state index in [-0.39, 0.29) is 11.2 Å². The van der Waals surface area contributed by atoms with Crippen LogP contribution >= 0.6 is 11.8 Å².